The number of halogens is 1. The molecule has 0 bridgehead atoms. The lowest BCUT2D eigenvalue weighted by atomic mass is 9.92. The first-order valence-electron chi connectivity index (χ1n) is 7.15. The van der Waals surface area contributed by atoms with Gasteiger partial charge in [-0.1, -0.05) is 46.0 Å². The SMILES string of the molecule is CC(C)c1nnc2sc(-c3c(Br)c(C(C)(C)C)nn3C)nn12. The van der Waals surface area contributed by atoms with Crippen LogP contribution in [0.15, 0.2) is 4.47 Å². The third-order valence-corrected chi connectivity index (χ3v) is 5.09. The van der Waals surface area contributed by atoms with Crippen molar-refractivity contribution >= 4 is 32.2 Å². The van der Waals surface area contributed by atoms with Gasteiger partial charge in [0.1, 0.15) is 5.69 Å². The Labute approximate surface area is 141 Å². The van der Waals surface area contributed by atoms with Crippen molar-refractivity contribution in [2.75, 3.05) is 0 Å². The van der Waals surface area contributed by atoms with Crippen LogP contribution in [0, 0.1) is 0 Å². The highest BCUT2D eigenvalue weighted by atomic mass is 79.9. The molecule has 22 heavy (non-hydrogen) atoms. The predicted molar refractivity (Wildman–Crippen MR) is 91.4 cm³/mol. The lowest BCUT2D eigenvalue weighted by molar-refractivity contribution is 0.551. The second-order valence-electron chi connectivity index (χ2n) is 6.70. The average Bonchev–Trinajstić information content (AvgIpc) is 3.00. The summed E-state index contributed by atoms with van der Waals surface area (Å²) in [5.74, 6) is 1.16. The molecule has 0 saturated heterocycles. The van der Waals surface area contributed by atoms with Crippen molar-refractivity contribution in [3.8, 4) is 10.7 Å². The minimum atomic E-state index is -0.0309. The maximum Gasteiger partial charge on any atom is 0.235 e. The van der Waals surface area contributed by atoms with Crippen molar-refractivity contribution < 1.29 is 0 Å². The topological polar surface area (TPSA) is 60.9 Å². The van der Waals surface area contributed by atoms with Crippen molar-refractivity contribution in [1.29, 1.82) is 0 Å². The van der Waals surface area contributed by atoms with E-state index in [2.05, 4.69) is 65.8 Å². The number of hydrogen-bond acceptors (Lipinski definition) is 5. The van der Waals surface area contributed by atoms with Crippen LogP contribution in [0.2, 0.25) is 0 Å². The first kappa shape index (κ1) is 15.6. The minimum absolute atomic E-state index is 0.0309. The van der Waals surface area contributed by atoms with E-state index in [1.54, 1.807) is 0 Å². The molecule has 3 rings (SSSR count). The molecular formula is C14H19BrN6S. The van der Waals surface area contributed by atoms with Gasteiger partial charge < -0.3 is 0 Å². The Kier molecular flexibility index (Phi) is 3.64. The number of hydrogen-bond donors (Lipinski definition) is 0. The van der Waals surface area contributed by atoms with Crippen molar-refractivity contribution in [3.63, 3.8) is 0 Å². The standard InChI is InChI=1S/C14H19BrN6S/c1-7(2)11-16-17-13-21(11)19-12(22-13)9-8(15)10(14(3,4)5)18-20(9)6/h7H,1-6H3. The molecule has 0 aromatic carbocycles. The second kappa shape index (κ2) is 5.13. The summed E-state index contributed by atoms with van der Waals surface area (Å²) in [6.07, 6.45) is 0. The molecule has 0 spiro atoms. The molecule has 8 heteroatoms. The highest BCUT2D eigenvalue weighted by Gasteiger charge is 2.27. The van der Waals surface area contributed by atoms with Crippen LogP contribution in [0.4, 0.5) is 0 Å². The van der Waals surface area contributed by atoms with Gasteiger partial charge in [-0.3, -0.25) is 4.68 Å². The lowest BCUT2D eigenvalue weighted by Gasteiger charge is -2.15. The Balaban J connectivity index is 2.18. The van der Waals surface area contributed by atoms with E-state index in [1.807, 2.05) is 16.2 Å². The van der Waals surface area contributed by atoms with Crippen LogP contribution >= 0.6 is 27.3 Å². The zero-order valence-corrected chi connectivity index (χ0v) is 15.9. The van der Waals surface area contributed by atoms with E-state index in [0.717, 1.165) is 31.7 Å². The van der Waals surface area contributed by atoms with Crippen molar-refractivity contribution in [2.45, 2.75) is 46.0 Å². The number of rotatable bonds is 2. The molecule has 0 amide bonds. The Morgan fingerprint density at radius 1 is 1.14 bits per heavy atom. The summed E-state index contributed by atoms with van der Waals surface area (Å²) in [5.41, 5.74) is 1.98. The van der Waals surface area contributed by atoms with Crippen LogP contribution in [-0.2, 0) is 12.5 Å². The summed E-state index contributed by atoms with van der Waals surface area (Å²) in [5, 5.41) is 18.7. The van der Waals surface area contributed by atoms with E-state index in [4.69, 9.17) is 5.10 Å². The Morgan fingerprint density at radius 3 is 2.36 bits per heavy atom. The monoisotopic (exact) mass is 382 g/mol. The van der Waals surface area contributed by atoms with Crippen molar-refractivity contribution in [2.24, 2.45) is 7.05 Å². The third kappa shape index (κ3) is 2.38. The fraction of sp³-hybridized carbons (Fsp3) is 0.571. The van der Waals surface area contributed by atoms with E-state index in [0.29, 0.717) is 0 Å². The molecule has 0 unspecified atom stereocenters. The minimum Gasteiger partial charge on any atom is -0.264 e. The van der Waals surface area contributed by atoms with Crippen LogP contribution < -0.4 is 0 Å². The summed E-state index contributed by atoms with van der Waals surface area (Å²) in [6, 6.07) is 0. The van der Waals surface area contributed by atoms with Crippen molar-refractivity contribution in [1.82, 2.24) is 29.6 Å². The van der Waals surface area contributed by atoms with Gasteiger partial charge in [0, 0.05) is 18.4 Å². The Hall–Kier alpha value is -1.28. The highest BCUT2D eigenvalue weighted by molar-refractivity contribution is 9.10. The molecule has 0 aliphatic rings. The van der Waals surface area contributed by atoms with Crippen LogP contribution in [0.5, 0.6) is 0 Å². The zero-order valence-electron chi connectivity index (χ0n) is 13.5. The smallest absolute Gasteiger partial charge is 0.235 e. The van der Waals surface area contributed by atoms with Gasteiger partial charge in [-0.15, -0.1) is 10.2 Å². The molecule has 0 fully saturated rings. The maximum absolute atomic E-state index is 4.70. The molecule has 0 saturated carbocycles. The molecule has 0 N–H and O–H groups in total. The molecule has 0 aliphatic carbocycles. The highest BCUT2D eigenvalue weighted by Crippen LogP contribution is 2.38. The van der Waals surface area contributed by atoms with E-state index >= 15 is 0 Å². The fourth-order valence-corrected chi connectivity index (χ4v) is 4.48. The van der Waals surface area contributed by atoms with Gasteiger partial charge in [-0.05, 0) is 15.9 Å². The molecule has 0 radical (unpaired) electrons. The van der Waals surface area contributed by atoms with Gasteiger partial charge in [-0.2, -0.15) is 14.7 Å². The molecule has 0 atom stereocenters. The Bertz CT molecular complexity index is 836. The summed E-state index contributed by atoms with van der Waals surface area (Å²) < 4.78 is 4.71. The summed E-state index contributed by atoms with van der Waals surface area (Å²) in [4.78, 5) is 0.809. The van der Waals surface area contributed by atoms with E-state index in [9.17, 15) is 0 Å². The number of nitrogens with zero attached hydrogens (tertiary/aromatic N) is 6. The van der Waals surface area contributed by atoms with E-state index in [-0.39, 0.29) is 11.3 Å². The molecule has 0 aliphatic heterocycles. The number of fused-ring (bicyclic) bond motifs is 1. The van der Waals surface area contributed by atoms with E-state index < -0.39 is 0 Å². The van der Waals surface area contributed by atoms with Gasteiger partial charge in [0.15, 0.2) is 10.8 Å². The molecule has 3 aromatic heterocycles. The number of aromatic nitrogens is 6. The van der Waals surface area contributed by atoms with Crippen LogP contribution in [0.3, 0.4) is 0 Å². The molecule has 118 valence electrons. The van der Waals surface area contributed by atoms with Gasteiger partial charge in [0.2, 0.25) is 4.96 Å². The second-order valence-corrected chi connectivity index (χ2v) is 8.45. The van der Waals surface area contributed by atoms with Gasteiger partial charge in [0.25, 0.3) is 0 Å². The number of aryl methyl sites for hydroxylation is 1. The zero-order chi connectivity index (χ0) is 16.2. The summed E-state index contributed by atoms with van der Waals surface area (Å²) in [6.45, 7) is 10.6. The predicted octanol–water partition coefficient (Wildman–Crippen LogP) is 3.77. The lowest BCUT2D eigenvalue weighted by Crippen LogP contribution is -2.13. The van der Waals surface area contributed by atoms with Gasteiger partial charge >= 0.3 is 0 Å². The molecule has 6 nitrogen and oxygen atoms in total. The van der Waals surface area contributed by atoms with Crippen LogP contribution in [0.1, 0.15) is 52.1 Å². The maximum atomic E-state index is 4.70. The molecule has 3 heterocycles. The third-order valence-electron chi connectivity index (χ3n) is 3.43. The largest absolute Gasteiger partial charge is 0.264 e. The fourth-order valence-electron chi connectivity index (χ4n) is 2.30. The van der Waals surface area contributed by atoms with Crippen LogP contribution in [0.25, 0.3) is 15.7 Å². The quantitative estimate of drug-likeness (QED) is 0.676. The van der Waals surface area contributed by atoms with Crippen molar-refractivity contribution in [3.05, 3.63) is 16.0 Å². The van der Waals surface area contributed by atoms with Gasteiger partial charge in [0.05, 0.1) is 10.2 Å². The average molecular weight is 383 g/mol. The Morgan fingerprint density at radius 2 is 1.82 bits per heavy atom. The molecule has 3 aromatic rings. The van der Waals surface area contributed by atoms with Gasteiger partial charge in [-0.25, -0.2) is 0 Å². The summed E-state index contributed by atoms with van der Waals surface area (Å²) in [7, 11) is 1.95. The van der Waals surface area contributed by atoms with Crippen LogP contribution in [-0.4, -0.2) is 29.6 Å². The molecular weight excluding hydrogens is 364 g/mol. The van der Waals surface area contributed by atoms with E-state index in [1.165, 1.54) is 11.3 Å². The normalized spacial score (nSPS) is 12.7. The first-order chi connectivity index (χ1) is 10.2. The summed E-state index contributed by atoms with van der Waals surface area (Å²) >= 11 is 5.23. The first-order valence-corrected chi connectivity index (χ1v) is 8.76.